The van der Waals surface area contributed by atoms with Gasteiger partial charge in [-0.15, -0.1) is 12.8 Å². The number of aromatic amines is 2. The topological polar surface area (TPSA) is 116 Å². The number of alkyl halides is 4. The summed E-state index contributed by atoms with van der Waals surface area (Å²) in [5, 5.41) is 5.67. The van der Waals surface area contributed by atoms with Gasteiger partial charge in [0.2, 0.25) is 23.7 Å². The van der Waals surface area contributed by atoms with E-state index in [9.17, 15) is 27.2 Å². The molecule has 0 spiro atoms. The summed E-state index contributed by atoms with van der Waals surface area (Å²) in [7, 11) is 0. The van der Waals surface area contributed by atoms with E-state index in [1.807, 2.05) is 42.5 Å². The summed E-state index contributed by atoms with van der Waals surface area (Å²) in [6.45, 7) is 13.4. The van der Waals surface area contributed by atoms with Gasteiger partial charge in [0.05, 0.1) is 36.0 Å². The molecular formula is C48H60F4N6O2. The SMILES string of the molecule is C#C.CC(C)C.CC(C)C.O=C(NCc1ncc(-c2ccc(-c3ccc(-c4ccc5nc(CNC(=O)C6CCC(F)(F)CC6)[nH]c5c4)cc3)cc2)[nH]1)C1CCC(F)(F)CC1. The molecule has 7 rings (SSSR count). The van der Waals surface area contributed by atoms with Gasteiger partial charge in [-0.1, -0.05) is 96.1 Å². The van der Waals surface area contributed by atoms with E-state index in [2.05, 4.69) is 109 Å². The summed E-state index contributed by atoms with van der Waals surface area (Å²) in [4.78, 5) is 40.4. The van der Waals surface area contributed by atoms with Crippen molar-refractivity contribution in [1.82, 2.24) is 30.6 Å². The molecule has 0 saturated heterocycles. The van der Waals surface area contributed by atoms with Crippen molar-refractivity contribution in [3.05, 3.63) is 84.6 Å². The highest BCUT2D eigenvalue weighted by Crippen LogP contribution is 2.37. The lowest BCUT2D eigenvalue weighted by Gasteiger charge is -2.27. The average molecular weight is 829 g/mol. The molecule has 2 amide bonds. The summed E-state index contributed by atoms with van der Waals surface area (Å²) in [5.41, 5.74) is 7.50. The molecule has 4 N–H and O–H groups in total. The third-order valence-corrected chi connectivity index (χ3v) is 9.94. The first-order valence-electron chi connectivity index (χ1n) is 20.8. The Bertz CT molecular complexity index is 2110. The monoisotopic (exact) mass is 828 g/mol. The van der Waals surface area contributed by atoms with Gasteiger partial charge in [-0.25, -0.2) is 27.5 Å². The Kier molecular flexibility index (Phi) is 17.1. The van der Waals surface area contributed by atoms with Crippen molar-refractivity contribution in [1.29, 1.82) is 0 Å². The van der Waals surface area contributed by atoms with Gasteiger partial charge in [-0.2, -0.15) is 0 Å². The highest BCUT2D eigenvalue weighted by molar-refractivity contribution is 5.83. The van der Waals surface area contributed by atoms with Crippen LogP contribution in [0.3, 0.4) is 0 Å². The van der Waals surface area contributed by atoms with Gasteiger partial charge in [0.1, 0.15) is 11.6 Å². The lowest BCUT2D eigenvalue weighted by Crippen LogP contribution is -2.35. The standard InChI is InChI=1S/C38H38F4N6O2.2C4H10.C2H2/c39-37(40)15-11-27(12-16-37)35(49)44-21-33-43-20-32(48-33)26-7-5-24(6-8-26)23-1-3-25(4-2-23)29-9-10-30-31(19-29)47-34(46-30)22-45-36(50)28-13-17-38(41,42)18-14-28;2*1-4(2)3;1-2/h1-10,19-20,27-28H,11-18,21-22H2,(H,43,48)(H,44,49)(H,45,50)(H,46,47);2*4H,1-3H3;1-2H. The molecular weight excluding hydrogens is 769 g/mol. The third-order valence-electron chi connectivity index (χ3n) is 9.94. The van der Waals surface area contributed by atoms with Gasteiger partial charge in [0, 0.05) is 37.5 Å². The minimum Gasteiger partial charge on any atom is -0.349 e. The summed E-state index contributed by atoms with van der Waals surface area (Å²) in [6.07, 6.45) is 9.50. The average Bonchev–Trinajstić information content (AvgIpc) is 3.86. The molecule has 0 unspecified atom stereocenters. The highest BCUT2D eigenvalue weighted by atomic mass is 19.3. The molecule has 60 heavy (non-hydrogen) atoms. The first-order valence-corrected chi connectivity index (χ1v) is 20.8. The van der Waals surface area contributed by atoms with Gasteiger partial charge in [0.15, 0.2) is 0 Å². The van der Waals surface area contributed by atoms with E-state index in [1.165, 1.54) is 0 Å². The van der Waals surface area contributed by atoms with Crippen LogP contribution in [0.1, 0.15) is 105 Å². The fraction of sp³-hybridized carbons (Fsp3) is 0.458. The Labute approximate surface area is 352 Å². The Morgan fingerprint density at radius 3 is 1.47 bits per heavy atom. The predicted molar refractivity (Wildman–Crippen MR) is 233 cm³/mol. The molecule has 0 atom stereocenters. The van der Waals surface area contributed by atoms with Crippen molar-refractivity contribution in [2.45, 2.75) is 118 Å². The molecule has 3 aromatic carbocycles. The Morgan fingerprint density at radius 2 is 1.02 bits per heavy atom. The number of hydrogen-bond donors (Lipinski definition) is 4. The molecule has 2 heterocycles. The first-order chi connectivity index (χ1) is 28.5. The lowest BCUT2D eigenvalue weighted by molar-refractivity contribution is -0.130. The second-order valence-electron chi connectivity index (χ2n) is 17.0. The number of amides is 2. The van der Waals surface area contributed by atoms with Gasteiger partial charge >= 0.3 is 0 Å². The normalized spacial score (nSPS) is 16.1. The minimum atomic E-state index is -2.66. The van der Waals surface area contributed by atoms with Crippen LogP contribution in [0.2, 0.25) is 0 Å². The van der Waals surface area contributed by atoms with Crippen molar-refractivity contribution in [3.8, 4) is 46.4 Å². The summed E-state index contributed by atoms with van der Waals surface area (Å²) >= 11 is 0. The number of carbonyl (C=O) groups is 2. The molecule has 0 radical (unpaired) electrons. The largest absolute Gasteiger partial charge is 0.349 e. The zero-order valence-electron chi connectivity index (χ0n) is 35.7. The van der Waals surface area contributed by atoms with E-state index in [0.717, 1.165) is 56.4 Å². The number of aromatic nitrogens is 4. The number of fused-ring (bicyclic) bond motifs is 1. The minimum absolute atomic E-state index is 0.195. The van der Waals surface area contributed by atoms with Crippen LogP contribution in [0.4, 0.5) is 17.6 Å². The first kappa shape index (κ1) is 47.2. The lowest BCUT2D eigenvalue weighted by atomic mass is 9.86. The fourth-order valence-corrected chi connectivity index (χ4v) is 6.86. The van der Waals surface area contributed by atoms with Crippen LogP contribution in [0, 0.1) is 36.5 Å². The van der Waals surface area contributed by atoms with Crippen molar-refractivity contribution < 1.29 is 27.2 Å². The Hall–Kier alpha value is -5.44. The number of halogens is 4. The van der Waals surface area contributed by atoms with E-state index in [4.69, 9.17) is 0 Å². The van der Waals surface area contributed by atoms with Crippen LogP contribution < -0.4 is 10.6 Å². The van der Waals surface area contributed by atoms with Crippen LogP contribution in [0.5, 0.6) is 0 Å². The molecule has 322 valence electrons. The summed E-state index contributed by atoms with van der Waals surface area (Å²) in [5.74, 6) is -3.65. The zero-order valence-corrected chi connectivity index (χ0v) is 35.7. The van der Waals surface area contributed by atoms with Gasteiger partial charge in [0.25, 0.3) is 0 Å². The fourth-order valence-electron chi connectivity index (χ4n) is 6.86. The third kappa shape index (κ3) is 14.4. The molecule has 2 aliphatic rings. The van der Waals surface area contributed by atoms with Crippen LogP contribution in [-0.4, -0.2) is 43.6 Å². The zero-order chi connectivity index (χ0) is 44.0. The quantitative estimate of drug-likeness (QED) is 0.0874. The maximum atomic E-state index is 13.4. The van der Waals surface area contributed by atoms with E-state index < -0.39 is 11.8 Å². The summed E-state index contributed by atoms with van der Waals surface area (Å²) in [6, 6.07) is 22.3. The van der Waals surface area contributed by atoms with E-state index in [1.54, 1.807) is 6.20 Å². The number of benzene rings is 3. The van der Waals surface area contributed by atoms with Crippen molar-refractivity contribution in [3.63, 3.8) is 0 Å². The van der Waals surface area contributed by atoms with E-state index in [0.29, 0.717) is 11.6 Å². The van der Waals surface area contributed by atoms with Crippen LogP contribution in [-0.2, 0) is 22.7 Å². The second-order valence-corrected chi connectivity index (χ2v) is 17.0. The second kappa shape index (κ2) is 21.7. The molecule has 2 fully saturated rings. The van der Waals surface area contributed by atoms with Crippen LogP contribution in [0.25, 0.3) is 44.5 Å². The number of hydrogen-bond acceptors (Lipinski definition) is 4. The number of nitrogens with one attached hydrogen (secondary N) is 4. The maximum absolute atomic E-state index is 13.4. The molecule has 2 aliphatic carbocycles. The molecule has 8 nitrogen and oxygen atoms in total. The molecule has 2 aromatic heterocycles. The Morgan fingerprint density at radius 1 is 0.633 bits per heavy atom. The van der Waals surface area contributed by atoms with E-state index in [-0.39, 0.29) is 88.1 Å². The number of terminal acetylenes is 1. The van der Waals surface area contributed by atoms with Crippen LogP contribution in [0.15, 0.2) is 72.9 Å². The van der Waals surface area contributed by atoms with Gasteiger partial charge in [-0.3, -0.25) is 9.59 Å². The number of imidazole rings is 2. The Balaban J connectivity index is 0.000000721. The molecule has 0 bridgehead atoms. The van der Waals surface area contributed by atoms with Gasteiger partial charge < -0.3 is 20.6 Å². The number of rotatable bonds is 9. The van der Waals surface area contributed by atoms with Crippen molar-refractivity contribution >= 4 is 22.8 Å². The number of H-pyrrole nitrogens is 2. The smallest absolute Gasteiger partial charge is 0.248 e. The number of carbonyl (C=O) groups excluding carboxylic acids is 2. The van der Waals surface area contributed by atoms with Crippen LogP contribution >= 0.6 is 0 Å². The summed E-state index contributed by atoms with van der Waals surface area (Å²) < 4.78 is 53.7. The highest BCUT2D eigenvalue weighted by Gasteiger charge is 2.38. The van der Waals surface area contributed by atoms with Crippen molar-refractivity contribution in [2.24, 2.45) is 23.7 Å². The molecule has 0 aliphatic heterocycles. The molecule has 12 heteroatoms. The van der Waals surface area contributed by atoms with E-state index >= 15 is 0 Å². The maximum Gasteiger partial charge on any atom is 0.248 e. The van der Waals surface area contributed by atoms with Crippen molar-refractivity contribution in [2.75, 3.05) is 0 Å². The van der Waals surface area contributed by atoms with Gasteiger partial charge in [-0.05, 0) is 77.5 Å². The molecule has 5 aromatic rings. The predicted octanol–water partition coefficient (Wildman–Crippen LogP) is 11.7. The number of nitrogens with zero attached hydrogens (tertiary/aromatic N) is 2. The molecule has 2 saturated carbocycles.